The third-order valence-corrected chi connectivity index (χ3v) is 1.38. The van der Waals surface area contributed by atoms with Crippen LogP contribution >= 0.6 is 0 Å². The van der Waals surface area contributed by atoms with Gasteiger partial charge in [0, 0.05) is 0 Å². The fraction of sp³-hybridized carbons (Fsp3) is 0.444. The molecule has 0 aliphatic heterocycles. The number of Topliss-reactive ketones (excluding diaryl/α,β-unsaturated/α-hetero) is 1. The van der Waals surface area contributed by atoms with Crippen LogP contribution in [0.2, 0.25) is 0 Å². The van der Waals surface area contributed by atoms with Gasteiger partial charge < -0.3 is 0 Å². The molecule has 56 valence electrons. The second kappa shape index (κ2) is 4.04. The minimum absolute atomic E-state index is 0.153. The van der Waals surface area contributed by atoms with Crippen LogP contribution < -0.4 is 0 Å². The van der Waals surface area contributed by atoms with Crippen molar-refractivity contribution >= 4 is 5.78 Å². The van der Waals surface area contributed by atoms with Gasteiger partial charge in [0.1, 0.15) is 0 Å². The van der Waals surface area contributed by atoms with Crippen LogP contribution in [0.15, 0.2) is 23.8 Å². The maximum absolute atomic E-state index is 10.9. The Hall–Kier alpha value is -0.850. The summed E-state index contributed by atoms with van der Waals surface area (Å²) in [4.78, 5) is 10.9. The third kappa shape index (κ3) is 2.62. The first kappa shape index (κ1) is 9.15. The minimum atomic E-state index is 0.153. The molecule has 0 saturated carbocycles. The minimum Gasteiger partial charge on any atom is -0.295 e. The molecule has 0 rings (SSSR count). The quantitative estimate of drug-likeness (QED) is 0.432. The van der Waals surface area contributed by atoms with Crippen LogP contribution in [0.4, 0.5) is 0 Å². The van der Waals surface area contributed by atoms with Crippen molar-refractivity contribution in [1.82, 2.24) is 0 Å². The highest BCUT2D eigenvalue weighted by Gasteiger charge is 2.01. The Kier molecular flexibility index (Phi) is 3.70. The summed E-state index contributed by atoms with van der Waals surface area (Å²) in [5, 5.41) is 0. The monoisotopic (exact) mass is 138 g/mol. The molecule has 0 spiro atoms. The van der Waals surface area contributed by atoms with Crippen molar-refractivity contribution in [3.63, 3.8) is 0 Å². The largest absolute Gasteiger partial charge is 0.295 e. The molecule has 0 atom stereocenters. The smallest absolute Gasteiger partial charge is 0.156 e. The normalized spacial score (nSPS) is 8.70. The van der Waals surface area contributed by atoms with Crippen molar-refractivity contribution < 1.29 is 4.79 Å². The van der Waals surface area contributed by atoms with E-state index < -0.39 is 0 Å². The van der Waals surface area contributed by atoms with Crippen molar-refractivity contribution in [3.05, 3.63) is 23.8 Å². The number of carbonyl (C=O) groups excluding carboxylic acids is 1. The Morgan fingerprint density at radius 1 is 1.40 bits per heavy atom. The predicted octanol–water partition coefficient (Wildman–Crippen LogP) is 2.49. The molecule has 0 saturated heterocycles. The number of hydrogen-bond acceptors (Lipinski definition) is 1. The van der Waals surface area contributed by atoms with Crippen LogP contribution in [0.25, 0.3) is 0 Å². The topological polar surface area (TPSA) is 17.1 Å². The zero-order valence-corrected chi connectivity index (χ0v) is 6.90. The van der Waals surface area contributed by atoms with E-state index in [-0.39, 0.29) is 5.78 Å². The van der Waals surface area contributed by atoms with Crippen LogP contribution in [0.1, 0.15) is 27.2 Å². The van der Waals surface area contributed by atoms with Gasteiger partial charge in [0.25, 0.3) is 0 Å². The number of hydrogen-bond donors (Lipinski definition) is 0. The van der Waals surface area contributed by atoms with Crippen molar-refractivity contribution in [2.45, 2.75) is 27.2 Å². The molecule has 0 fully saturated rings. The lowest BCUT2D eigenvalue weighted by Crippen LogP contribution is -1.97. The van der Waals surface area contributed by atoms with E-state index in [2.05, 4.69) is 6.58 Å². The highest BCUT2D eigenvalue weighted by Crippen LogP contribution is 2.09. The molecule has 0 radical (unpaired) electrons. The molecule has 0 amide bonds. The molecule has 0 aliphatic rings. The standard InChI is InChI=1S/C9H14O/c1-5-6-9(7(2)3)8(4)10/h5H,1,6H2,2-4H3. The predicted molar refractivity (Wildman–Crippen MR) is 43.9 cm³/mol. The first-order chi connectivity index (χ1) is 4.59. The summed E-state index contributed by atoms with van der Waals surface area (Å²) >= 11 is 0. The van der Waals surface area contributed by atoms with Gasteiger partial charge >= 0.3 is 0 Å². The van der Waals surface area contributed by atoms with E-state index in [4.69, 9.17) is 0 Å². The molecule has 0 heterocycles. The van der Waals surface area contributed by atoms with Gasteiger partial charge in [0.2, 0.25) is 0 Å². The van der Waals surface area contributed by atoms with Gasteiger partial charge in [0.15, 0.2) is 5.78 Å². The summed E-state index contributed by atoms with van der Waals surface area (Å²) < 4.78 is 0. The molecule has 0 aromatic rings. The third-order valence-electron chi connectivity index (χ3n) is 1.38. The van der Waals surface area contributed by atoms with Crippen LogP contribution in [0.3, 0.4) is 0 Å². The number of allylic oxidation sites excluding steroid dienone is 3. The summed E-state index contributed by atoms with van der Waals surface area (Å²) in [6.45, 7) is 9.06. The fourth-order valence-corrected chi connectivity index (χ4v) is 0.844. The molecule has 0 N–H and O–H groups in total. The molecule has 1 heteroatoms. The maximum atomic E-state index is 10.9. The molecule has 0 aliphatic carbocycles. The second-order valence-corrected chi connectivity index (χ2v) is 2.53. The van der Waals surface area contributed by atoms with E-state index in [1.165, 1.54) is 0 Å². The molecule has 0 aromatic carbocycles. The van der Waals surface area contributed by atoms with Crippen LogP contribution in [0.5, 0.6) is 0 Å². The zero-order chi connectivity index (χ0) is 8.15. The Labute approximate surface area is 62.4 Å². The molecule has 0 bridgehead atoms. The second-order valence-electron chi connectivity index (χ2n) is 2.53. The van der Waals surface area contributed by atoms with E-state index in [9.17, 15) is 4.79 Å². The lowest BCUT2D eigenvalue weighted by Gasteiger charge is -2.00. The summed E-state index contributed by atoms with van der Waals surface area (Å²) in [5.41, 5.74) is 1.97. The molecule has 0 unspecified atom stereocenters. The van der Waals surface area contributed by atoms with E-state index in [1.807, 2.05) is 13.8 Å². The van der Waals surface area contributed by atoms with Crippen molar-refractivity contribution in [3.8, 4) is 0 Å². The fourth-order valence-electron chi connectivity index (χ4n) is 0.844. The van der Waals surface area contributed by atoms with Crippen molar-refractivity contribution in [2.75, 3.05) is 0 Å². The van der Waals surface area contributed by atoms with Gasteiger partial charge in [0.05, 0.1) is 0 Å². The lowest BCUT2D eigenvalue weighted by molar-refractivity contribution is -0.113. The van der Waals surface area contributed by atoms with Gasteiger partial charge in [-0.15, -0.1) is 6.58 Å². The van der Waals surface area contributed by atoms with Gasteiger partial charge in [-0.3, -0.25) is 4.79 Å². The Morgan fingerprint density at radius 2 is 1.90 bits per heavy atom. The van der Waals surface area contributed by atoms with Crippen LogP contribution in [0, 0.1) is 0 Å². The molecule has 1 nitrogen and oxygen atoms in total. The first-order valence-corrected chi connectivity index (χ1v) is 3.37. The molecule has 10 heavy (non-hydrogen) atoms. The number of ketones is 1. The van der Waals surface area contributed by atoms with E-state index in [1.54, 1.807) is 13.0 Å². The summed E-state index contributed by atoms with van der Waals surface area (Å²) in [7, 11) is 0. The van der Waals surface area contributed by atoms with E-state index in [0.717, 1.165) is 11.1 Å². The van der Waals surface area contributed by atoms with Crippen molar-refractivity contribution in [1.29, 1.82) is 0 Å². The highest BCUT2D eigenvalue weighted by atomic mass is 16.1. The highest BCUT2D eigenvalue weighted by molar-refractivity contribution is 5.94. The zero-order valence-electron chi connectivity index (χ0n) is 6.90. The summed E-state index contributed by atoms with van der Waals surface area (Å²) in [6, 6.07) is 0. The number of rotatable bonds is 3. The molecule has 0 aromatic heterocycles. The summed E-state index contributed by atoms with van der Waals surface area (Å²) in [6.07, 6.45) is 2.45. The van der Waals surface area contributed by atoms with Gasteiger partial charge in [-0.2, -0.15) is 0 Å². The first-order valence-electron chi connectivity index (χ1n) is 3.37. The lowest BCUT2D eigenvalue weighted by atomic mass is 10.0. The summed E-state index contributed by atoms with van der Waals surface area (Å²) in [5.74, 6) is 0.153. The SMILES string of the molecule is C=CCC(C(C)=O)=C(C)C. The Bertz CT molecular complexity index is 171. The molecular formula is C9H14O. The van der Waals surface area contributed by atoms with E-state index >= 15 is 0 Å². The number of carbonyl (C=O) groups is 1. The van der Waals surface area contributed by atoms with Crippen LogP contribution in [-0.2, 0) is 4.79 Å². The Balaban J connectivity index is 4.42. The average Bonchev–Trinajstić information content (AvgIpc) is 1.81. The van der Waals surface area contributed by atoms with Gasteiger partial charge in [-0.25, -0.2) is 0 Å². The van der Waals surface area contributed by atoms with Gasteiger partial charge in [-0.1, -0.05) is 11.6 Å². The maximum Gasteiger partial charge on any atom is 0.156 e. The van der Waals surface area contributed by atoms with Gasteiger partial charge in [-0.05, 0) is 32.8 Å². The van der Waals surface area contributed by atoms with Crippen molar-refractivity contribution in [2.24, 2.45) is 0 Å². The van der Waals surface area contributed by atoms with Crippen LogP contribution in [-0.4, -0.2) is 5.78 Å². The average molecular weight is 138 g/mol. The Morgan fingerprint density at radius 3 is 2.00 bits per heavy atom. The van der Waals surface area contributed by atoms with E-state index in [0.29, 0.717) is 6.42 Å². The molecular weight excluding hydrogens is 124 g/mol.